The van der Waals surface area contributed by atoms with E-state index in [1.165, 1.54) is 17.7 Å². The lowest BCUT2D eigenvalue weighted by Crippen LogP contribution is -2.39. The standard InChI is InChI=1S/C12H16IN/c1-12(2)8-11(13)14(3)10-7-5-4-6-9(10)12/h4-7,11H,8H2,1-3H3. The molecule has 1 aliphatic heterocycles. The lowest BCUT2D eigenvalue weighted by molar-refractivity contribution is 0.453. The largest absolute Gasteiger partial charge is 0.362 e. The van der Waals surface area contributed by atoms with Crippen LogP contribution in [0.3, 0.4) is 0 Å². The van der Waals surface area contributed by atoms with Gasteiger partial charge in [-0.3, -0.25) is 0 Å². The summed E-state index contributed by atoms with van der Waals surface area (Å²) in [7, 11) is 2.19. The third-order valence-corrected chi connectivity index (χ3v) is 4.39. The Bertz CT molecular complexity index is 346. The maximum absolute atomic E-state index is 2.53. The van der Waals surface area contributed by atoms with Gasteiger partial charge in [0.25, 0.3) is 0 Å². The van der Waals surface area contributed by atoms with Crippen molar-refractivity contribution in [1.82, 2.24) is 0 Å². The number of hydrogen-bond donors (Lipinski definition) is 0. The molecule has 0 spiro atoms. The van der Waals surface area contributed by atoms with E-state index >= 15 is 0 Å². The lowest BCUT2D eigenvalue weighted by Gasteiger charge is -2.42. The Balaban J connectivity index is 2.56. The van der Waals surface area contributed by atoms with Crippen molar-refractivity contribution in [2.24, 2.45) is 0 Å². The fourth-order valence-corrected chi connectivity index (χ4v) is 3.57. The zero-order chi connectivity index (χ0) is 10.3. The van der Waals surface area contributed by atoms with Crippen molar-refractivity contribution in [2.75, 3.05) is 11.9 Å². The van der Waals surface area contributed by atoms with Crippen LogP contribution >= 0.6 is 22.6 Å². The molecule has 1 unspecified atom stereocenters. The molecule has 0 N–H and O–H groups in total. The van der Waals surface area contributed by atoms with Crippen LogP contribution < -0.4 is 4.90 Å². The number of alkyl halides is 1. The maximum Gasteiger partial charge on any atom is 0.0814 e. The first-order valence-corrected chi connectivity index (χ1v) is 6.23. The van der Waals surface area contributed by atoms with Crippen molar-refractivity contribution >= 4 is 28.3 Å². The van der Waals surface area contributed by atoms with E-state index in [2.05, 4.69) is 72.7 Å². The molecule has 2 rings (SSSR count). The van der Waals surface area contributed by atoms with Gasteiger partial charge in [0.05, 0.1) is 4.05 Å². The molecule has 1 aliphatic rings. The van der Waals surface area contributed by atoms with Gasteiger partial charge in [-0.25, -0.2) is 0 Å². The van der Waals surface area contributed by atoms with Crippen molar-refractivity contribution < 1.29 is 0 Å². The molecule has 0 aromatic heterocycles. The van der Waals surface area contributed by atoms with E-state index in [0.29, 0.717) is 9.46 Å². The van der Waals surface area contributed by atoms with E-state index in [-0.39, 0.29) is 0 Å². The number of nitrogens with zero attached hydrogens (tertiary/aromatic N) is 1. The smallest absolute Gasteiger partial charge is 0.0814 e. The van der Waals surface area contributed by atoms with Crippen LogP contribution in [0.2, 0.25) is 0 Å². The highest BCUT2D eigenvalue weighted by molar-refractivity contribution is 14.1. The molecule has 14 heavy (non-hydrogen) atoms. The second kappa shape index (κ2) is 3.40. The zero-order valence-electron chi connectivity index (χ0n) is 8.92. The molecule has 0 radical (unpaired) electrons. The number of hydrogen-bond acceptors (Lipinski definition) is 1. The summed E-state index contributed by atoms with van der Waals surface area (Å²) in [5, 5.41) is 0. The summed E-state index contributed by atoms with van der Waals surface area (Å²) < 4.78 is 0.609. The normalized spacial score (nSPS) is 24.6. The van der Waals surface area contributed by atoms with E-state index in [1.807, 2.05) is 0 Å². The minimum Gasteiger partial charge on any atom is -0.362 e. The summed E-state index contributed by atoms with van der Waals surface area (Å²) in [4.78, 5) is 2.38. The number of para-hydroxylation sites is 1. The SMILES string of the molecule is CN1c2ccccc2C(C)(C)CC1I. The van der Waals surface area contributed by atoms with Crippen LogP contribution in [0.4, 0.5) is 5.69 Å². The van der Waals surface area contributed by atoms with Crippen LogP contribution in [-0.2, 0) is 5.41 Å². The van der Waals surface area contributed by atoms with Gasteiger partial charge in [-0.1, -0.05) is 54.6 Å². The highest BCUT2D eigenvalue weighted by Crippen LogP contribution is 2.42. The Morgan fingerprint density at radius 2 is 2.00 bits per heavy atom. The quantitative estimate of drug-likeness (QED) is 0.402. The van der Waals surface area contributed by atoms with Gasteiger partial charge in [0, 0.05) is 12.7 Å². The Hall–Kier alpha value is -0.250. The summed E-state index contributed by atoms with van der Waals surface area (Å²) in [6.07, 6.45) is 1.22. The van der Waals surface area contributed by atoms with Gasteiger partial charge in [-0.15, -0.1) is 0 Å². The molecule has 1 heterocycles. The van der Waals surface area contributed by atoms with Crippen LogP contribution in [0, 0.1) is 0 Å². The molecule has 76 valence electrons. The van der Waals surface area contributed by atoms with Gasteiger partial charge < -0.3 is 4.90 Å². The number of benzene rings is 1. The molecule has 0 aliphatic carbocycles. The molecule has 0 fully saturated rings. The molecule has 0 saturated heterocycles. The first kappa shape index (κ1) is 10.3. The van der Waals surface area contributed by atoms with Gasteiger partial charge >= 0.3 is 0 Å². The van der Waals surface area contributed by atoms with E-state index in [1.54, 1.807) is 0 Å². The lowest BCUT2D eigenvalue weighted by atomic mass is 9.78. The molecule has 0 saturated carbocycles. The second-order valence-electron chi connectivity index (χ2n) is 4.65. The van der Waals surface area contributed by atoms with Crippen LogP contribution in [0.25, 0.3) is 0 Å². The van der Waals surface area contributed by atoms with E-state index in [4.69, 9.17) is 0 Å². The summed E-state index contributed by atoms with van der Waals surface area (Å²) in [5.74, 6) is 0. The average molecular weight is 301 g/mol. The summed E-state index contributed by atoms with van der Waals surface area (Å²) in [5.41, 5.74) is 3.19. The zero-order valence-corrected chi connectivity index (χ0v) is 11.1. The average Bonchev–Trinajstić information content (AvgIpc) is 2.14. The van der Waals surface area contributed by atoms with E-state index in [0.717, 1.165) is 0 Å². The second-order valence-corrected chi connectivity index (χ2v) is 6.09. The molecule has 2 heteroatoms. The van der Waals surface area contributed by atoms with Gasteiger partial charge in [-0.05, 0) is 23.5 Å². The number of rotatable bonds is 0. The maximum atomic E-state index is 2.53. The number of halogens is 1. The molecular formula is C12H16IN. The Labute approximate surface area is 99.6 Å². The highest BCUT2D eigenvalue weighted by Gasteiger charge is 2.34. The Morgan fingerprint density at radius 3 is 2.71 bits per heavy atom. The third kappa shape index (κ3) is 1.53. The van der Waals surface area contributed by atoms with Crippen molar-refractivity contribution in [3.05, 3.63) is 29.8 Å². The summed E-state index contributed by atoms with van der Waals surface area (Å²) >= 11 is 2.53. The highest BCUT2D eigenvalue weighted by atomic mass is 127. The van der Waals surface area contributed by atoms with E-state index < -0.39 is 0 Å². The van der Waals surface area contributed by atoms with Crippen molar-refractivity contribution in [3.8, 4) is 0 Å². The number of anilines is 1. The number of fused-ring (bicyclic) bond motifs is 1. The van der Waals surface area contributed by atoms with Crippen molar-refractivity contribution in [1.29, 1.82) is 0 Å². The molecular weight excluding hydrogens is 285 g/mol. The fraction of sp³-hybridized carbons (Fsp3) is 0.500. The van der Waals surface area contributed by atoms with Gasteiger partial charge in [0.2, 0.25) is 0 Å². The molecule has 1 nitrogen and oxygen atoms in total. The van der Waals surface area contributed by atoms with Crippen LogP contribution in [0.1, 0.15) is 25.8 Å². The minimum absolute atomic E-state index is 0.314. The molecule has 1 atom stereocenters. The van der Waals surface area contributed by atoms with Gasteiger partial charge in [0.1, 0.15) is 0 Å². The third-order valence-electron chi connectivity index (χ3n) is 3.11. The predicted octanol–water partition coefficient (Wildman–Crippen LogP) is 3.57. The first-order chi connectivity index (χ1) is 6.52. The molecule has 1 aromatic rings. The summed E-state index contributed by atoms with van der Waals surface area (Å²) in [6, 6.07) is 8.75. The van der Waals surface area contributed by atoms with Crippen LogP contribution in [-0.4, -0.2) is 11.1 Å². The Morgan fingerprint density at radius 1 is 1.36 bits per heavy atom. The molecule has 0 amide bonds. The van der Waals surface area contributed by atoms with Crippen LogP contribution in [0.5, 0.6) is 0 Å². The monoisotopic (exact) mass is 301 g/mol. The Kier molecular flexibility index (Phi) is 2.50. The van der Waals surface area contributed by atoms with Crippen LogP contribution in [0.15, 0.2) is 24.3 Å². The van der Waals surface area contributed by atoms with Gasteiger partial charge in [-0.2, -0.15) is 0 Å². The van der Waals surface area contributed by atoms with Crippen molar-refractivity contribution in [2.45, 2.75) is 29.7 Å². The first-order valence-electron chi connectivity index (χ1n) is 4.99. The molecule has 1 aromatic carbocycles. The topological polar surface area (TPSA) is 3.24 Å². The molecule has 0 bridgehead atoms. The van der Waals surface area contributed by atoms with Crippen molar-refractivity contribution in [3.63, 3.8) is 0 Å². The predicted molar refractivity (Wildman–Crippen MR) is 70.3 cm³/mol. The van der Waals surface area contributed by atoms with E-state index in [9.17, 15) is 0 Å². The summed E-state index contributed by atoms with van der Waals surface area (Å²) in [6.45, 7) is 4.68. The fourth-order valence-electron chi connectivity index (χ4n) is 2.17. The minimum atomic E-state index is 0.314. The van der Waals surface area contributed by atoms with Gasteiger partial charge in [0.15, 0.2) is 0 Å².